The van der Waals surface area contributed by atoms with Gasteiger partial charge in [0.05, 0.1) is 17.1 Å². The molecular weight excluding hydrogens is 416 g/mol. The maximum absolute atomic E-state index is 12.5. The van der Waals surface area contributed by atoms with Crippen LogP contribution in [0, 0.1) is 5.41 Å². The summed E-state index contributed by atoms with van der Waals surface area (Å²) in [5.41, 5.74) is 5.18. The summed E-state index contributed by atoms with van der Waals surface area (Å²) < 4.78 is 31.2. The van der Waals surface area contributed by atoms with Crippen molar-refractivity contribution >= 4 is 11.8 Å². The molecule has 10 heteroatoms. The number of anilines is 1. The van der Waals surface area contributed by atoms with Crippen LogP contribution in [0.3, 0.4) is 0 Å². The first-order valence-corrected chi connectivity index (χ1v) is 10.2. The summed E-state index contributed by atoms with van der Waals surface area (Å²) in [6, 6.07) is 6.47. The van der Waals surface area contributed by atoms with Crippen molar-refractivity contribution in [3.8, 4) is 28.3 Å². The van der Waals surface area contributed by atoms with E-state index in [0.29, 0.717) is 5.95 Å². The van der Waals surface area contributed by atoms with E-state index in [0.717, 1.165) is 53.2 Å². The summed E-state index contributed by atoms with van der Waals surface area (Å²) in [7, 11) is 1.85. The lowest BCUT2D eigenvalue weighted by Gasteiger charge is -2.17. The molecule has 0 atom stereocenters. The number of rotatable bonds is 7. The predicted molar refractivity (Wildman–Crippen MR) is 118 cm³/mol. The molecule has 0 fully saturated rings. The normalized spacial score (nSPS) is 12.5. The average molecular weight is 439 g/mol. The summed E-state index contributed by atoms with van der Waals surface area (Å²) in [6.07, 6.45) is 6.56. The SMILES string of the molecule is CCN/C=C\C(=N)Nc1ncc2c(n1)-c1c(nn(C)c1-c1ccc(OC(F)F)cc1)CC2. The molecular formula is C22H23F2N7O. The minimum Gasteiger partial charge on any atom is -0.435 e. The number of ether oxygens (including phenoxy) is 1. The first kappa shape index (κ1) is 21.4. The second-order valence-corrected chi connectivity index (χ2v) is 7.19. The van der Waals surface area contributed by atoms with Crippen LogP contribution in [0.25, 0.3) is 22.5 Å². The number of nitrogens with one attached hydrogen (secondary N) is 3. The van der Waals surface area contributed by atoms with E-state index in [1.54, 1.807) is 35.3 Å². The molecule has 0 bridgehead atoms. The minimum absolute atomic E-state index is 0.0955. The summed E-state index contributed by atoms with van der Waals surface area (Å²) in [5, 5.41) is 18.6. The molecule has 0 saturated carbocycles. The third-order valence-corrected chi connectivity index (χ3v) is 5.02. The van der Waals surface area contributed by atoms with Gasteiger partial charge in [-0.15, -0.1) is 0 Å². The van der Waals surface area contributed by atoms with E-state index in [1.165, 1.54) is 12.1 Å². The number of alkyl halides is 2. The number of halogens is 2. The molecule has 0 radical (unpaired) electrons. The Labute approximate surface area is 183 Å². The smallest absolute Gasteiger partial charge is 0.387 e. The molecule has 1 aromatic carbocycles. The molecule has 1 aliphatic carbocycles. The topological polar surface area (TPSA) is 101 Å². The van der Waals surface area contributed by atoms with Gasteiger partial charge >= 0.3 is 6.61 Å². The molecule has 0 aliphatic heterocycles. The molecule has 1 aliphatic rings. The van der Waals surface area contributed by atoms with Crippen LogP contribution in [0.4, 0.5) is 14.7 Å². The van der Waals surface area contributed by atoms with Crippen LogP contribution in [0.15, 0.2) is 42.7 Å². The number of aromatic nitrogens is 4. The monoisotopic (exact) mass is 439 g/mol. The molecule has 0 unspecified atom stereocenters. The van der Waals surface area contributed by atoms with Crippen LogP contribution < -0.4 is 15.4 Å². The zero-order valence-corrected chi connectivity index (χ0v) is 17.7. The summed E-state index contributed by atoms with van der Waals surface area (Å²) in [5.74, 6) is 0.569. The van der Waals surface area contributed by atoms with E-state index in [4.69, 9.17) is 5.41 Å². The van der Waals surface area contributed by atoms with Crippen molar-refractivity contribution in [3.63, 3.8) is 0 Å². The van der Waals surface area contributed by atoms with Crippen LogP contribution >= 0.6 is 0 Å². The van der Waals surface area contributed by atoms with Gasteiger partial charge in [-0.05, 0) is 55.7 Å². The highest BCUT2D eigenvalue weighted by Crippen LogP contribution is 2.39. The second-order valence-electron chi connectivity index (χ2n) is 7.19. The van der Waals surface area contributed by atoms with Crippen LogP contribution in [-0.2, 0) is 19.9 Å². The van der Waals surface area contributed by atoms with Crippen molar-refractivity contribution in [1.82, 2.24) is 25.1 Å². The van der Waals surface area contributed by atoms with Crippen molar-refractivity contribution in [2.45, 2.75) is 26.4 Å². The third-order valence-electron chi connectivity index (χ3n) is 5.02. The lowest BCUT2D eigenvalue weighted by molar-refractivity contribution is -0.0498. The largest absolute Gasteiger partial charge is 0.435 e. The van der Waals surface area contributed by atoms with Gasteiger partial charge in [0.1, 0.15) is 11.6 Å². The summed E-state index contributed by atoms with van der Waals surface area (Å²) >= 11 is 0. The van der Waals surface area contributed by atoms with E-state index in [2.05, 4.69) is 30.4 Å². The van der Waals surface area contributed by atoms with Crippen molar-refractivity contribution < 1.29 is 13.5 Å². The molecule has 3 aromatic rings. The molecule has 0 saturated heterocycles. The number of nitrogens with zero attached hydrogens (tertiary/aromatic N) is 4. The van der Waals surface area contributed by atoms with Crippen LogP contribution in [0.1, 0.15) is 18.2 Å². The Hall–Kier alpha value is -3.82. The summed E-state index contributed by atoms with van der Waals surface area (Å²) in [4.78, 5) is 9.03. The van der Waals surface area contributed by atoms with Gasteiger partial charge in [0.25, 0.3) is 0 Å². The van der Waals surface area contributed by atoms with Gasteiger partial charge in [-0.2, -0.15) is 13.9 Å². The van der Waals surface area contributed by atoms with E-state index in [1.807, 2.05) is 14.0 Å². The zero-order valence-electron chi connectivity index (χ0n) is 17.7. The number of benzene rings is 1. The minimum atomic E-state index is -2.87. The van der Waals surface area contributed by atoms with Gasteiger partial charge in [-0.25, -0.2) is 9.97 Å². The Morgan fingerprint density at radius 1 is 1.28 bits per heavy atom. The average Bonchev–Trinajstić information content (AvgIpc) is 3.10. The number of fused-ring (bicyclic) bond motifs is 3. The first-order chi connectivity index (χ1) is 15.5. The Bertz CT molecular complexity index is 1160. The van der Waals surface area contributed by atoms with Gasteiger partial charge in [0.2, 0.25) is 5.95 Å². The fourth-order valence-electron chi connectivity index (χ4n) is 3.67. The lowest BCUT2D eigenvalue weighted by atomic mass is 9.91. The number of hydrogen-bond donors (Lipinski definition) is 3. The van der Waals surface area contributed by atoms with Gasteiger partial charge in [0, 0.05) is 37.1 Å². The first-order valence-electron chi connectivity index (χ1n) is 10.2. The molecule has 8 nitrogen and oxygen atoms in total. The fraction of sp³-hybridized carbons (Fsp3) is 0.273. The maximum atomic E-state index is 12.5. The highest BCUT2D eigenvalue weighted by molar-refractivity contribution is 6.00. The molecule has 2 heterocycles. The van der Waals surface area contributed by atoms with Gasteiger partial charge < -0.3 is 15.4 Å². The van der Waals surface area contributed by atoms with E-state index in [-0.39, 0.29) is 11.6 Å². The van der Waals surface area contributed by atoms with Gasteiger partial charge in [-0.1, -0.05) is 0 Å². The molecule has 4 rings (SSSR count). The van der Waals surface area contributed by atoms with Crippen LogP contribution in [0.2, 0.25) is 0 Å². The molecule has 3 N–H and O–H groups in total. The van der Waals surface area contributed by atoms with Crippen LogP contribution in [0.5, 0.6) is 5.75 Å². The lowest BCUT2D eigenvalue weighted by Crippen LogP contribution is -2.14. The Morgan fingerprint density at radius 3 is 2.78 bits per heavy atom. The Balaban J connectivity index is 1.69. The van der Waals surface area contributed by atoms with Crippen molar-refractivity contribution in [2.75, 3.05) is 11.9 Å². The molecule has 32 heavy (non-hydrogen) atoms. The molecule has 2 aromatic heterocycles. The second kappa shape index (κ2) is 9.13. The predicted octanol–water partition coefficient (Wildman–Crippen LogP) is 3.76. The number of amidine groups is 1. The van der Waals surface area contributed by atoms with Crippen molar-refractivity contribution in [1.29, 1.82) is 5.41 Å². The van der Waals surface area contributed by atoms with E-state index in [9.17, 15) is 8.78 Å². The highest BCUT2D eigenvalue weighted by atomic mass is 19.3. The van der Waals surface area contributed by atoms with Gasteiger partial charge in [0.15, 0.2) is 0 Å². The Kier molecular flexibility index (Phi) is 6.11. The molecule has 0 amide bonds. The summed E-state index contributed by atoms with van der Waals surface area (Å²) in [6.45, 7) is -0.136. The van der Waals surface area contributed by atoms with E-state index < -0.39 is 6.61 Å². The van der Waals surface area contributed by atoms with Crippen molar-refractivity contribution in [3.05, 3.63) is 54.0 Å². The number of aryl methyl sites for hydroxylation is 3. The number of hydrogen-bond acceptors (Lipinski definition) is 6. The van der Waals surface area contributed by atoms with Gasteiger partial charge in [-0.3, -0.25) is 10.1 Å². The van der Waals surface area contributed by atoms with Crippen molar-refractivity contribution in [2.24, 2.45) is 7.05 Å². The third kappa shape index (κ3) is 4.43. The van der Waals surface area contributed by atoms with Crippen LogP contribution in [-0.4, -0.2) is 38.7 Å². The standard InChI is InChI=1S/C22H23F2N7O/c1-3-26-11-10-17(25)28-22-27-12-14-6-9-16-18(19(14)29-22)20(31(2)30-16)13-4-7-15(8-5-13)32-21(23)24/h4-5,7-8,10-12,21,26H,3,6,9H2,1-2H3,(H2,25,27,28,29)/b11-10-. The highest BCUT2D eigenvalue weighted by Gasteiger charge is 2.27. The zero-order chi connectivity index (χ0) is 22.7. The maximum Gasteiger partial charge on any atom is 0.387 e. The van der Waals surface area contributed by atoms with E-state index >= 15 is 0 Å². The molecule has 166 valence electrons. The Morgan fingerprint density at radius 2 is 2.06 bits per heavy atom. The fourth-order valence-corrected chi connectivity index (χ4v) is 3.67. The molecule has 0 spiro atoms. The quantitative estimate of drug-likeness (QED) is 0.383.